The van der Waals surface area contributed by atoms with Crippen molar-refractivity contribution < 1.29 is 9.53 Å². The van der Waals surface area contributed by atoms with Gasteiger partial charge in [-0.3, -0.25) is 4.79 Å². The van der Waals surface area contributed by atoms with E-state index in [9.17, 15) is 4.79 Å². The number of rotatable bonds is 13. The van der Waals surface area contributed by atoms with Crippen molar-refractivity contribution >= 4 is 28.6 Å². The Kier molecular flexibility index (Phi) is 14.0. The summed E-state index contributed by atoms with van der Waals surface area (Å²) in [6.07, 6.45) is 15.1. The Hall–Kier alpha value is 0.200. The number of alkyl halides is 1. The maximum atomic E-state index is 11.5. The highest BCUT2D eigenvalue weighted by molar-refractivity contribution is 14.1. The molecule has 3 heteroatoms. The van der Waals surface area contributed by atoms with Crippen LogP contribution in [0.15, 0.2) is 0 Å². The Morgan fingerprint density at radius 2 is 1.14 bits per heavy atom. The molecule has 0 heterocycles. The molecule has 0 bridgehead atoms. The maximum absolute atomic E-state index is 11.5. The van der Waals surface area contributed by atoms with Crippen LogP contribution in [0.3, 0.4) is 0 Å². The van der Waals surface area contributed by atoms with Crippen molar-refractivity contribution in [1.82, 2.24) is 0 Å². The molecule has 2 nitrogen and oxygen atoms in total. The van der Waals surface area contributed by atoms with E-state index in [4.69, 9.17) is 4.74 Å². The van der Waals surface area contributed by atoms with Crippen LogP contribution < -0.4 is 0 Å². The number of carbonyl (C=O) groups is 1. The van der Waals surface area contributed by atoms with Gasteiger partial charge in [-0.05, 0) is 38.0 Å². The summed E-state index contributed by atoms with van der Waals surface area (Å²) >= 11 is 2.46. The fourth-order valence-corrected chi connectivity index (χ4v) is 2.89. The molecular weight excluding hydrogens is 375 g/mol. The molecule has 0 saturated carbocycles. The molecule has 0 radical (unpaired) electrons. The molecule has 126 valence electrons. The Balaban J connectivity index is 3.17. The third kappa shape index (κ3) is 18.2. The summed E-state index contributed by atoms with van der Waals surface area (Å²) in [7, 11) is 0. The van der Waals surface area contributed by atoms with Gasteiger partial charge < -0.3 is 4.74 Å². The first kappa shape index (κ1) is 21.2. The minimum absolute atomic E-state index is 0.0472. The Bertz CT molecular complexity index is 246. The summed E-state index contributed by atoms with van der Waals surface area (Å²) in [4.78, 5) is 11.5. The molecule has 0 unspecified atom stereocenters. The highest BCUT2D eigenvalue weighted by Gasteiger charge is 2.15. The number of halogens is 1. The number of hydrogen-bond donors (Lipinski definition) is 0. The molecule has 0 aromatic rings. The lowest BCUT2D eigenvalue weighted by Crippen LogP contribution is -2.23. The van der Waals surface area contributed by atoms with E-state index in [-0.39, 0.29) is 11.6 Å². The van der Waals surface area contributed by atoms with Crippen LogP contribution in [-0.2, 0) is 9.53 Å². The zero-order valence-electron chi connectivity index (χ0n) is 14.4. The van der Waals surface area contributed by atoms with E-state index in [1.165, 1.54) is 62.2 Å². The van der Waals surface area contributed by atoms with Gasteiger partial charge in [0.1, 0.15) is 5.60 Å². The van der Waals surface area contributed by atoms with Gasteiger partial charge in [0.05, 0.1) is 0 Å². The molecular formula is C18H35IO2. The van der Waals surface area contributed by atoms with Crippen LogP contribution in [0.25, 0.3) is 0 Å². The smallest absolute Gasteiger partial charge is 0.306 e. The first-order valence-electron chi connectivity index (χ1n) is 8.73. The molecule has 0 atom stereocenters. The highest BCUT2D eigenvalue weighted by Crippen LogP contribution is 2.14. The maximum Gasteiger partial charge on any atom is 0.306 e. The molecule has 0 aromatic carbocycles. The van der Waals surface area contributed by atoms with Crippen molar-refractivity contribution in [2.75, 3.05) is 4.43 Å². The largest absolute Gasteiger partial charge is 0.460 e. The Morgan fingerprint density at radius 1 is 0.762 bits per heavy atom. The van der Waals surface area contributed by atoms with E-state index >= 15 is 0 Å². The normalized spacial score (nSPS) is 11.6. The van der Waals surface area contributed by atoms with Crippen molar-refractivity contribution in [2.24, 2.45) is 0 Å². The summed E-state index contributed by atoms with van der Waals surface area (Å²) in [5.41, 5.74) is -0.339. The van der Waals surface area contributed by atoms with Crippen LogP contribution >= 0.6 is 22.6 Å². The molecule has 0 saturated heterocycles. The fourth-order valence-electron chi connectivity index (χ4n) is 2.35. The van der Waals surface area contributed by atoms with Crippen LogP contribution in [0.2, 0.25) is 0 Å². The molecule has 0 N–H and O–H groups in total. The van der Waals surface area contributed by atoms with Crippen molar-refractivity contribution in [3.05, 3.63) is 0 Å². The number of esters is 1. The second-order valence-electron chi connectivity index (χ2n) is 6.91. The van der Waals surface area contributed by atoms with Crippen LogP contribution in [0, 0.1) is 0 Å². The van der Waals surface area contributed by atoms with Gasteiger partial charge in [-0.2, -0.15) is 0 Å². The van der Waals surface area contributed by atoms with E-state index < -0.39 is 0 Å². The molecule has 0 aliphatic carbocycles. The van der Waals surface area contributed by atoms with Gasteiger partial charge in [0.15, 0.2) is 0 Å². The van der Waals surface area contributed by atoms with E-state index in [1.54, 1.807) is 0 Å². The van der Waals surface area contributed by atoms with Crippen molar-refractivity contribution in [2.45, 2.75) is 103 Å². The topological polar surface area (TPSA) is 26.3 Å². The predicted molar refractivity (Wildman–Crippen MR) is 100 cm³/mol. The first-order valence-corrected chi connectivity index (χ1v) is 10.3. The van der Waals surface area contributed by atoms with E-state index in [2.05, 4.69) is 22.6 Å². The molecule has 0 fully saturated rings. The Morgan fingerprint density at radius 3 is 1.52 bits per heavy atom. The van der Waals surface area contributed by atoms with E-state index in [1.807, 2.05) is 20.8 Å². The second-order valence-corrected chi connectivity index (χ2v) is 7.99. The lowest BCUT2D eigenvalue weighted by atomic mass is 10.1. The molecule has 0 rings (SSSR count). The summed E-state index contributed by atoms with van der Waals surface area (Å²) < 4.78 is 6.60. The van der Waals surface area contributed by atoms with Gasteiger partial charge in [-0.1, -0.05) is 80.4 Å². The van der Waals surface area contributed by atoms with Crippen LogP contribution in [0.5, 0.6) is 0 Å². The molecule has 21 heavy (non-hydrogen) atoms. The van der Waals surface area contributed by atoms with Gasteiger partial charge in [0, 0.05) is 6.42 Å². The zero-order valence-corrected chi connectivity index (χ0v) is 16.5. The number of hydrogen-bond acceptors (Lipinski definition) is 2. The molecule has 0 spiro atoms. The van der Waals surface area contributed by atoms with Crippen molar-refractivity contribution in [3.8, 4) is 0 Å². The fraction of sp³-hybridized carbons (Fsp3) is 0.944. The lowest BCUT2D eigenvalue weighted by Gasteiger charge is -2.19. The zero-order chi connectivity index (χ0) is 16.0. The van der Waals surface area contributed by atoms with Crippen molar-refractivity contribution in [1.29, 1.82) is 0 Å². The van der Waals surface area contributed by atoms with Crippen LogP contribution in [-0.4, -0.2) is 16.0 Å². The third-order valence-electron chi connectivity index (χ3n) is 3.43. The molecule has 0 amide bonds. The standard InChI is InChI=1S/C18H35IO2/c1-18(2,3)21-17(20)15-13-11-9-7-5-4-6-8-10-12-14-16-19/h4-16H2,1-3H3. The minimum Gasteiger partial charge on any atom is -0.460 e. The van der Waals surface area contributed by atoms with Gasteiger partial charge in [-0.25, -0.2) is 0 Å². The number of unbranched alkanes of at least 4 members (excludes halogenated alkanes) is 10. The van der Waals surface area contributed by atoms with Crippen LogP contribution in [0.4, 0.5) is 0 Å². The second kappa shape index (κ2) is 13.8. The summed E-state index contributed by atoms with van der Waals surface area (Å²) in [6.45, 7) is 5.77. The van der Waals surface area contributed by atoms with E-state index in [0.29, 0.717) is 6.42 Å². The average Bonchev–Trinajstić information content (AvgIpc) is 2.38. The Labute approximate surface area is 145 Å². The minimum atomic E-state index is -0.339. The first-order chi connectivity index (χ1) is 9.95. The number of ether oxygens (including phenoxy) is 1. The van der Waals surface area contributed by atoms with Gasteiger partial charge in [-0.15, -0.1) is 0 Å². The molecule has 0 aliphatic rings. The van der Waals surface area contributed by atoms with Crippen molar-refractivity contribution in [3.63, 3.8) is 0 Å². The summed E-state index contributed by atoms with van der Waals surface area (Å²) in [5, 5.41) is 0. The highest BCUT2D eigenvalue weighted by atomic mass is 127. The summed E-state index contributed by atoms with van der Waals surface area (Å²) in [6, 6.07) is 0. The molecule has 0 aliphatic heterocycles. The lowest BCUT2D eigenvalue weighted by molar-refractivity contribution is -0.154. The van der Waals surface area contributed by atoms with Gasteiger partial charge in [0.2, 0.25) is 0 Å². The third-order valence-corrected chi connectivity index (χ3v) is 4.20. The van der Waals surface area contributed by atoms with Crippen LogP contribution in [0.1, 0.15) is 97.8 Å². The summed E-state index contributed by atoms with van der Waals surface area (Å²) in [5.74, 6) is -0.0472. The predicted octanol–water partition coefficient (Wildman–Crippen LogP) is 6.44. The monoisotopic (exact) mass is 410 g/mol. The van der Waals surface area contributed by atoms with E-state index in [0.717, 1.165) is 12.8 Å². The average molecular weight is 410 g/mol. The molecule has 0 aromatic heterocycles. The number of carbonyl (C=O) groups excluding carboxylic acids is 1. The van der Waals surface area contributed by atoms with Gasteiger partial charge >= 0.3 is 5.97 Å². The quantitative estimate of drug-likeness (QED) is 0.151. The SMILES string of the molecule is CC(C)(C)OC(=O)CCCCCCCCCCCCCI. The van der Waals surface area contributed by atoms with Gasteiger partial charge in [0.25, 0.3) is 0 Å².